The van der Waals surface area contributed by atoms with Gasteiger partial charge in [0.2, 0.25) is 0 Å². The Morgan fingerprint density at radius 1 is 1.31 bits per heavy atom. The van der Waals surface area contributed by atoms with E-state index in [-0.39, 0.29) is 0 Å². The van der Waals surface area contributed by atoms with Gasteiger partial charge in [0.05, 0.1) is 6.42 Å². The van der Waals surface area contributed by atoms with E-state index in [4.69, 9.17) is 14.6 Å². The Hall–Kier alpha value is -0.883. The third-order valence-corrected chi connectivity index (χ3v) is 2.12. The molecule has 0 spiro atoms. The molecule has 0 saturated heterocycles. The highest BCUT2D eigenvalue weighted by molar-refractivity contribution is 6.69. The minimum atomic E-state index is -1.99. The Morgan fingerprint density at radius 2 is 1.77 bits per heavy atom. The first kappa shape index (κ1) is 12.1. The molecule has 13 heavy (non-hydrogen) atoms. The first-order valence-corrected chi connectivity index (χ1v) is 7.25. The number of carbonyl (C=O) groups is 2. The Labute approximate surface area is 77.5 Å². The van der Waals surface area contributed by atoms with Crippen LogP contribution in [0, 0.1) is 0 Å². The van der Waals surface area contributed by atoms with Crippen LogP contribution in [0.25, 0.3) is 0 Å². The lowest BCUT2D eigenvalue weighted by molar-refractivity contribution is -0.151. The van der Waals surface area contributed by atoms with Crippen LogP contribution in [0.5, 0.6) is 0 Å². The fourth-order valence-corrected chi connectivity index (χ4v) is 1.80. The molecule has 5 nitrogen and oxygen atoms in total. The van der Waals surface area contributed by atoms with E-state index in [1.54, 1.807) is 0 Å². The van der Waals surface area contributed by atoms with Crippen LogP contribution in [0.15, 0.2) is 0 Å². The standard InChI is InChI=1S/C7H14O5Si/c1-13(2,3)12-5(7(10)11)4-6(8)9/h5H,4H2,1-3H3,(H,8,9)(H,10,11). The normalized spacial score (nSPS) is 13.8. The maximum Gasteiger partial charge on any atom is 0.332 e. The zero-order chi connectivity index (χ0) is 10.6. The highest BCUT2D eigenvalue weighted by atomic mass is 28.4. The van der Waals surface area contributed by atoms with Gasteiger partial charge in [-0.1, -0.05) is 0 Å². The topological polar surface area (TPSA) is 83.8 Å². The largest absolute Gasteiger partial charge is 0.481 e. The zero-order valence-electron chi connectivity index (χ0n) is 7.90. The molecule has 0 aromatic carbocycles. The maximum atomic E-state index is 10.5. The maximum absolute atomic E-state index is 10.5. The van der Waals surface area contributed by atoms with Crippen molar-refractivity contribution >= 4 is 20.3 Å². The van der Waals surface area contributed by atoms with Crippen LogP contribution in [0.3, 0.4) is 0 Å². The number of carboxylic acids is 2. The van der Waals surface area contributed by atoms with E-state index < -0.39 is 32.8 Å². The van der Waals surface area contributed by atoms with Crippen LogP contribution in [0.4, 0.5) is 0 Å². The van der Waals surface area contributed by atoms with Crippen LogP contribution >= 0.6 is 0 Å². The minimum Gasteiger partial charge on any atom is -0.481 e. The quantitative estimate of drug-likeness (QED) is 0.649. The number of aliphatic carboxylic acids is 2. The molecule has 0 bridgehead atoms. The van der Waals surface area contributed by atoms with Gasteiger partial charge in [-0.2, -0.15) is 0 Å². The smallest absolute Gasteiger partial charge is 0.332 e. The van der Waals surface area contributed by atoms with Crippen LogP contribution in [0.2, 0.25) is 19.6 Å². The Kier molecular flexibility index (Phi) is 4.08. The van der Waals surface area contributed by atoms with Crippen molar-refractivity contribution in [2.75, 3.05) is 0 Å². The van der Waals surface area contributed by atoms with Gasteiger partial charge in [-0.25, -0.2) is 4.79 Å². The van der Waals surface area contributed by atoms with Crippen LogP contribution in [0.1, 0.15) is 6.42 Å². The van der Waals surface area contributed by atoms with Crippen molar-refractivity contribution in [3.05, 3.63) is 0 Å². The molecular formula is C7H14O5Si. The highest BCUT2D eigenvalue weighted by Gasteiger charge is 2.28. The molecule has 0 saturated carbocycles. The Bertz CT molecular complexity index is 207. The number of hydrogen-bond acceptors (Lipinski definition) is 3. The molecule has 0 fully saturated rings. The first-order chi connectivity index (χ1) is 5.72. The lowest BCUT2D eigenvalue weighted by atomic mass is 10.3. The Balaban J connectivity index is 4.27. The van der Waals surface area contributed by atoms with E-state index in [1.807, 2.05) is 19.6 Å². The molecule has 6 heteroatoms. The molecule has 0 radical (unpaired) electrons. The summed E-state index contributed by atoms with van der Waals surface area (Å²) in [5.41, 5.74) is 0. The molecule has 76 valence electrons. The summed E-state index contributed by atoms with van der Waals surface area (Å²) >= 11 is 0. The lowest BCUT2D eigenvalue weighted by Crippen LogP contribution is -2.37. The van der Waals surface area contributed by atoms with E-state index in [0.29, 0.717) is 0 Å². The van der Waals surface area contributed by atoms with Gasteiger partial charge in [-0.15, -0.1) is 0 Å². The van der Waals surface area contributed by atoms with Gasteiger partial charge < -0.3 is 14.6 Å². The summed E-state index contributed by atoms with van der Waals surface area (Å²) in [4.78, 5) is 20.8. The molecule has 2 N–H and O–H groups in total. The van der Waals surface area contributed by atoms with Crippen LogP contribution in [-0.4, -0.2) is 36.6 Å². The van der Waals surface area contributed by atoms with Gasteiger partial charge in [0.15, 0.2) is 14.4 Å². The summed E-state index contributed by atoms with van der Waals surface area (Å²) < 4.78 is 5.17. The van der Waals surface area contributed by atoms with Crippen LogP contribution < -0.4 is 0 Å². The number of carboxylic acid groups (broad SMARTS) is 2. The fourth-order valence-electron chi connectivity index (χ4n) is 0.765. The predicted molar refractivity (Wildman–Crippen MR) is 48.1 cm³/mol. The summed E-state index contributed by atoms with van der Waals surface area (Å²) in [6.07, 6.45) is -1.70. The van der Waals surface area contributed by atoms with E-state index in [1.165, 1.54) is 0 Å². The second-order valence-electron chi connectivity index (χ2n) is 3.65. The molecule has 0 aliphatic rings. The van der Waals surface area contributed by atoms with Crippen molar-refractivity contribution in [3.63, 3.8) is 0 Å². The zero-order valence-corrected chi connectivity index (χ0v) is 8.90. The monoisotopic (exact) mass is 206 g/mol. The van der Waals surface area contributed by atoms with Crippen molar-refractivity contribution in [2.45, 2.75) is 32.2 Å². The molecular weight excluding hydrogens is 192 g/mol. The van der Waals surface area contributed by atoms with Gasteiger partial charge in [-0.3, -0.25) is 4.79 Å². The number of hydrogen-bond donors (Lipinski definition) is 2. The predicted octanol–water partition coefficient (Wildman–Crippen LogP) is 0.766. The summed E-state index contributed by atoms with van der Waals surface area (Å²) in [7, 11) is -1.99. The molecule has 1 unspecified atom stereocenters. The van der Waals surface area contributed by atoms with Gasteiger partial charge >= 0.3 is 11.9 Å². The second-order valence-corrected chi connectivity index (χ2v) is 8.12. The summed E-state index contributed by atoms with van der Waals surface area (Å²) in [5.74, 6) is -2.38. The summed E-state index contributed by atoms with van der Waals surface area (Å²) in [5, 5.41) is 17.0. The second kappa shape index (κ2) is 4.38. The van der Waals surface area contributed by atoms with Crippen molar-refractivity contribution in [2.24, 2.45) is 0 Å². The molecule has 0 aromatic rings. The SMILES string of the molecule is C[Si](C)(C)OC(CC(=O)O)C(=O)O. The third-order valence-electron chi connectivity index (χ3n) is 1.13. The van der Waals surface area contributed by atoms with Crippen molar-refractivity contribution in [3.8, 4) is 0 Å². The highest BCUT2D eigenvalue weighted by Crippen LogP contribution is 2.10. The molecule has 1 atom stereocenters. The van der Waals surface area contributed by atoms with Crippen LogP contribution in [-0.2, 0) is 14.0 Å². The molecule has 0 aliphatic carbocycles. The van der Waals surface area contributed by atoms with Gasteiger partial charge in [0.1, 0.15) is 0 Å². The summed E-state index contributed by atoms with van der Waals surface area (Å²) in [6.45, 7) is 5.43. The van der Waals surface area contributed by atoms with E-state index >= 15 is 0 Å². The van der Waals surface area contributed by atoms with E-state index in [9.17, 15) is 9.59 Å². The molecule has 0 aromatic heterocycles. The molecule has 0 heterocycles. The minimum absolute atomic E-state index is 0.487. The molecule has 0 amide bonds. The van der Waals surface area contributed by atoms with Crippen molar-refractivity contribution in [1.29, 1.82) is 0 Å². The van der Waals surface area contributed by atoms with Gasteiger partial charge in [-0.05, 0) is 19.6 Å². The average molecular weight is 206 g/mol. The van der Waals surface area contributed by atoms with Crippen molar-refractivity contribution < 1.29 is 24.2 Å². The lowest BCUT2D eigenvalue weighted by Gasteiger charge is -2.22. The van der Waals surface area contributed by atoms with Gasteiger partial charge in [0.25, 0.3) is 0 Å². The first-order valence-electron chi connectivity index (χ1n) is 3.85. The summed E-state index contributed by atoms with van der Waals surface area (Å²) in [6, 6.07) is 0. The third kappa shape index (κ3) is 6.29. The molecule has 0 aliphatic heterocycles. The fraction of sp³-hybridized carbons (Fsp3) is 0.714. The van der Waals surface area contributed by atoms with Crippen molar-refractivity contribution in [1.82, 2.24) is 0 Å². The van der Waals surface area contributed by atoms with E-state index in [2.05, 4.69) is 0 Å². The average Bonchev–Trinajstić information content (AvgIpc) is 1.81. The van der Waals surface area contributed by atoms with Gasteiger partial charge in [0, 0.05) is 0 Å². The Morgan fingerprint density at radius 3 is 2.00 bits per heavy atom. The number of rotatable bonds is 5. The van der Waals surface area contributed by atoms with E-state index in [0.717, 1.165) is 0 Å². The molecule has 0 rings (SSSR count).